The third kappa shape index (κ3) is 1.84. The number of hydrogen-bond acceptors (Lipinski definition) is 2. The normalized spacial score (nSPS) is 10.8. The Morgan fingerprint density at radius 1 is 1.00 bits per heavy atom. The van der Waals surface area contributed by atoms with Crippen LogP contribution in [0.5, 0.6) is 0 Å². The molecule has 3 rings (SSSR count). The number of nitrogens with zero attached hydrogens (tertiary/aromatic N) is 1. The fraction of sp³-hybridized carbons (Fsp3) is 0.133. The van der Waals surface area contributed by atoms with Crippen molar-refractivity contribution in [3.8, 4) is 11.1 Å². The van der Waals surface area contributed by atoms with Crippen LogP contribution in [0.15, 0.2) is 42.5 Å². The van der Waals surface area contributed by atoms with Crippen molar-refractivity contribution >= 4 is 16.7 Å². The highest BCUT2D eigenvalue weighted by molar-refractivity contribution is 5.82. The molecule has 90 valence electrons. The molecule has 0 aliphatic carbocycles. The van der Waals surface area contributed by atoms with Gasteiger partial charge in [0.15, 0.2) is 0 Å². The molecule has 0 atom stereocenters. The number of H-pyrrole nitrogens is 1. The van der Waals surface area contributed by atoms with E-state index in [2.05, 4.69) is 57.7 Å². The third-order valence-electron chi connectivity index (χ3n) is 3.11. The number of nitrogens with one attached hydrogen (secondary N) is 2. The van der Waals surface area contributed by atoms with Crippen molar-refractivity contribution in [1.82, 2.24) is 9.97 Å². The topological polar surface area (TPSA) is 40.7 Å². The van der Waals surface area contributed by atoms with E-state index < -0.39 is 0 Å². The predicted octanol–water partition coefficient (Wildman–Crippen LogP) is 3.58. The second kappa shape index (κ2) is 4.18. The monoisotopic (exact) mass is 237 g/mol. The second-order valence-electron chi connectivity index (χ2n) is 4.38. The molecule has 18 heavy (non-hydrogen) atoms. The lowest BCUT2D eigenvalue weighted by Crippen LogP contribution is -1.86. The first-order valence-corrected chi connectivity index (χ1v) is 6.01. The van der Waals surface area contributed by atoms with Crippen LogP contribution in [0, 0.1) is 6.92 Å². The Labute approximate surface area is 106 Å². The van der Waals surface area contributed by atoms with E-state index in [1.54, 1.807) is 0 Å². The summed E-state index contributed by atoms with van der Waals surface area (Å²) in [6.07, 6.45) is 0. The highest BCUT2D eigenvalue weighted by Crippen LogP contribution is 2.24. The number of anilines is 1. The zero-order valence-corrected chi connectivity index (χ0v) is 10.5. The molecule has 0 aliphatic heterocycles. The van der Waals surface area contributed by atoms with Crippen LogP contribution in [0.1, 0.15) is 5.82 Å². The van der Waals surface area contributed by atoms with Crippen molar-refractivity contribution in [2.75, 3.05) is 12.4 Å². The smallest absolute Gasteiger partial charge is 0.104 e. The molecule has 0 radical (unpaired) electrons. The van der Waals surface area contributed by atoms with Crippen LogP contribution in [0.2, 0.25) is 0 Å². The molecule has 0 unspecified atom stereocenters. The zero-order chi connectivity index (χ0) is 12.5. The number of fused-ring (bicyclic) bond motifs is 1. The van der Waals surface area contributed by atoms with E-state index in [9.17, 15) is 0 Å². The Balaban J connectivity index is 2.06. The third-order valence-corrected chi connectivity index (χ3v) is 3.11. The van der Waals surface area contributed by atoms with E-state index >= 15 is 0 Å². The zero-order valence-electron chi connectivity index (χ0n) is 10.5. The minimum absolute atomic E-state index is 0.952. The summed E-state index contributed by atoms with van der Waals surface area (Å²) in [5, 5.41) is 3.12. The number of hydrogen-bond donors (Lipinski definition) is 2. The molecule has 0 saturated carbocycles. The quantitative estimate of drug-likeness (QED) is 0.715. The molecule has 0 spiro atoms. The first-order chi connectivity index (χ1) is 8.76. The number of aryl methyl sites for hydroxylation is 1. The highest BCUT2D eigenvalue weighted by Gasteiger charge is 2.02. The van der Waals surface area contributed by atoms with Crippen molar-refractivity contribution in [2.45, 2.75) is 6.92 Å². The minimum Gasteiger partial charge on any atom is -0.388 e. The number of imidazole rings is 1. The van der Waals surface area contributed by atoms with Gasteiger partial charge in [-0.15, -0.1) is 0 Å². The van der Waals surface area contributed by atoms with Gasteiger partial charge in [0.05, 0.1) is 11.0 Å². The van der Waals surface area contributed by atoms with Crippen LogP contribution in [-0.4, -0.2) is 17.0 Å². The molecule has 2 aromatic carbocycles. The Hall–Kier alpha value is -2.29. The van der Waals surface area contributed by atoms with Crippen molar-refractivity contribution in [1.29, 1.82) is 0 Å². The maximum absolute atomic E-state index is 4.41. The fourth-order valence-electron chi connectivity index (χ4n) is 2.15. The van der Waals surface area contributed by atoms with Crippen molar-refractivity contribution in [3.63, 3.8) is 0 Å². The lowest BCUT2D eigenvalue weighted by atomic mass is 10.0. The van der Waals surface area contributed by atoms with E-state index in [0.29, 0.717) is 0 Å². The number of aromatic nitrogens is 2. The van der Waals surface area contributed by atoms with Gasteiger partial charge in [-0.05, 0) is 42.3 Å². The molecule has 0 saturated heterocycles. The van der Waals surface area contributed by atoms with E-state index in [0.717, 1.165) is 22.5 Å². The van der Waals surface area contributed by atoms with Crippen LogP contribution >= 0.6 is 0 Å². The summed E-state index contributed by atoms with van der Waals surface area (Å²) in [6, 6.07) is 14.7. The highest BCUT2D eigenvalue weighted by atomic mass is 14.9. The van der Waals surface area contributed by atoms with Gasteiger partial charge in [-0.25, -0.2) is 4.98 Å². The Kier molecular flexibility index (Phi) is 2.52. The van der Waals surface area contributed by atoms with Gasteiger partial charge in [0.1, 0.15) is 5.82 Å². The largest absolute Gasteiger partial charge is 0.388 e. The maximum Gasteiger partial charge on any atom is 0.104 e. The van der Waals surface area contributed by atoms with Gasteiger partial charge in [0, 0.05) is 12.7 Å². The van der Waals surface area contributed by atoms with Gasteiger partial charge in [-0.1, -0.05) is 18.2 Å². The van der Waals surface area contributed by atoms with E-state index in [-0.39, 0.29) is 0 Å². The Morgan fingerprint density at radius 3 is 2.44 bits per heavy atom. The number of aromatic amines is 1. The molecule has 3 heteroatoms. The lowest BCUT2D eigenvalue weighted by molar-refractivity contribution is 1.17. The van der Waals surface area contributed by atoms with Gasteiger partial charge in [-0.3, -0.25) is 0 Å². The molecule has 3 nitrogen and oxygen atoms in total. The summed E-state index contributed by atoms with van der Waals surface area (Å²) in [4.78, 5) is 7.68. The lowest BCUT2D eigenvalue weighted by Gasteiger charge is -2.04. The summed E-state index contributed by atoms with van der Waals surface area (Å²) >= 11 is 0. The van der Waals surface area contributed by atoms with Crippen LogP contribution in [0.4, 0.5) is 5.69 Å². The van der Waals surface area contributed by atoms with Crippen molar-refractivity contribution in [3.05, 3.63) is 48.3 Å². The first-order valence-electron chi connectivity index (χ1n) is 6.01. The summed E-state index contributed by atoms with van der Waals surface area (Å²) < 4.78 is 0. The molecule has 1 heterocycles. The van der Waals surface area contributed by atoms with Gasteiger partial charge in [-0.2, -0.15) is 0 Å². The summed E-state index contributed by atoms with van der Waals surface area (Å²) in [6.45, 7) is 1.97. The fourth-order valence-corrected chi connectivity index (χ4v) is 2.15. The van der Waals surface area contributed by atoms with Gasteiger partial charge in [0.25, 0.3) is 0 Å². The Morgan fingerprint density at radius 2 is 1.72 bits per heavy atom. The van der Waals surface area contributed by atoms with E-state index in [4.69, 9.17) is 0 Å². The summed E-state index contributed by atoms with van der Waals surface area (Å²) in [5.41, 5.74) is 5.64. The first kappa shape index (κ1) is 10.8. The van der Waals surface area contributed by atoms with Crippen LogP contribution in [-0.2, 0) is 0 Å². The number of benzene rings is 2. The summed E-state index contributed by atoms with van der Waals surface area (Å²) in [5.74, 6) is 0.952. The second-order valence-corrected chi connectivity index (χ2v) is 4.38. The molecule has 0 amide bonds. The minimum atomic E-state index is 0.952. The molecule has 2 N–H and O–H groups in total. The molecule has 1 aromatic heterocycles. The van der Waals surface area contributed by atoms with E-state index in [1.165, 1.54) is 11.1 Å². The standard InChI is InChI=1S/C15H15N3/c1-10-17-14-8-5-12(9-15(14)18-10)11-3-6-13(16-2)7-4-11/h3-9,16H,1-2H3,(H,17,18). The van der Waals surface area contributed by atoms with Crippen molar-refractivity contribution < 1.29 is 0 Å². The molecule has 3 aromatic rings. The maximum atomic E-state index is 4.41. The molecular weight excluding hydrogens is 222 g/mol. The SMILES string of the molecule is CNc1ccc(-c2ccc3nc(C)[nH]c3c2)cc1. The molecule has 0 bridgehead atoms. The van der Waals surface area contributed by atoms with Gasteiger partial charge >= 0.3 is 0 Å². The molecular formula is C15H15N3. The molecule has 0 fully saturated rings. The van der Waals surface area contributed by atoms with Gasteiger partial charge in [0.2, 0.25) is 0 Å². The average molecular weight is 237 g/mol. The van der Waals surface area contributed by atoms with Crippen LogP contribution in [0.25, 0.3) is 22.2 Å². The Bertz CT molecular complexity index is 681. The average Bonchev–Trinajstić information content (AvgIpc) is 2.78. The van der Waals surface area contributed by atoms with Crippen LogP contribution in [0.3, 0.4) is 0 Å². The van der Waals surface area contributed by atoms with Crippen LogP contribution < -0.4 is 5.32 Å². The summed E-state index contributed by atoms with van der Waals surface area (Å²) in [7, 11) is 1.93. The van der Waals surface area contributed by atoms with Crippen molar-refractivity contribution in [2.24, 2.45) is 0 Å². The number of rotatable bonds is 2. The predicted molar refractivity (Wildman–Crippen MR) is 75.8 cm³/mol. The van der Waals surface area contributed by atoms with Gasteiger partial charge < -0.3 is 10.3 Å². The van der Waals surface area contributed by atoms with E-state index in [1.807, 2.05) is 14.0 Å². The molecule has 0 aliphatic rings.